The van der Waals surface area contributed by atoms with Crippen molar-refractivity contribution in [2.24, 2.45) is 5.92 Å². The van der Waals surface area contributed by atoms with Crippen molar-refractivity contribution >= 4 is 11.6 Å². The molecule has 1 aromatic carbocycles. The molecule has 0 saturated carbocycles. The maximum atomic E-state index is 11.7. The minimum Gasteiger partial charge on any atom is -0.493 e. The van der Waals surface area contributed by atoms with Crippen LogP contribution in [0.25, 0.3) is 0 Å². The molecule has 0 bridgehead atoms. The molecule has 0 aliphatic carbocycles. The van der Waals surface area contributed by atoms with Crippen molar-refractivity contribution in [3.63, 3.8) is 0 Å². The average molecular weight is 237 g/mol. The van der Waals surface area contributed by atoms with Crippen LogP contribution in [-0.2, 0) is 4.79 Å². The first-order valence-corrected chi connectivity index (χ1v) is 5.35. The summed E-state index contributed by atoms with van der Waals surface area (Å²) in [6, 6.07) is 3.41. The lowest BCUT2D eigenvalue weighted by Gasteiger charge is -2.12. The van der Waals surface area contributed by atoms with E-state index in [2.05, 4.69) is 5.32 Å². The molecule has 5 heteroatoms. The van der Waals surface area contributed by atoms with E-state index in [1.54, 1.807) is 26.4 Å². The number of nitrogens with one attached hydrogen (secondary N) is 1. The van der Waals surface area contributed by atoms with Gasteiger partial charge in [-0.15, -0.1) is 0 Å². The first-order valence-electron chi connectivity index (χ1n) is 5.35. The Balaban J connectivity index is 2.43. The lowest BCUT2D eigenvalue weighted by molar-refractivity contribution is -0.119. The molecule has 1 amide bonds. The van der Waals surface area contributed by atoms with Gasteiger partial charge in [0.15, 0.2) is 11.5 Å². The van der Waals surface area contributed by atoms with E-state index in [9.17, 15) is 4.79 Å². The summed E-state index contributed by atoms with van der Waals surface area (Å²) in [6.45, 7) is 2.17. The van der Waals surface area contributed by atoms with E-state index in [-0.39, 0.29) is 11.8 Å². The zero-order valence-corrected chi connectivity index (χ0v) is 10.1. The van der Waals surface area contributed by atoms with E-state index in [1.165, 1.54) is 0 Å². The molecule has 1 atom stereocenters. The molecule has 1 aliphatic rings. The molecule has 92 valence electrons. The number of methoxy groups -OCH3 is 2. The largest absolute Gasteiger partial charge is 0.493 e. The molecule has 1 aliphatic heterocycles. The van der Waals surface area contributed by atoms with E-state index in [0.29, 0.717) is 29.5 Å². The molecule has 1 N–H and O–H groups in total. The zero-order chi connectivity index (χ0) is 12.4. The molecule has 1 heterocycles. The number of rotatable bonds is 2. The normalized spacial score (nSPS) is 18.5. The fourth-order valence-electron chi connectivity index (χ4n) is 1.62. The molecule has 5 nitrogen and oxygen atoms in total. The number of amides is 1. The number of anilines is 1. The van der Waals surface area contributed by atoms with Crippen LogP contribution in [0.5, 0.6) is 17.2 Å². The van der Waals surface area contributed by atoms with Crippen LogP contribution in [-0.4, -0.2) is 26.7 Å². The molecule has 0 saturated heterocycles. The summed E-state index contributed by atoms with van der Waals surface area (Å²) < 4.78 is 15.9. The van der Waals surface area contributed by atoms with Gasteiger partial charge in [0, 0.05) is 12.1 Å². The van der Waals surface area contributed by atoms with E-state index < -0.39 is 0 Å². The van der Waals surface area contributed by atoms with Gasteiger partial charge in [-0.1, -0.05) is 6.92 Å². The van der Waals surface area contributed by atoms with Gasteiger partial charge in [-0.25, -0.2) is 0 Å². The number of hydrogen-bond acceptors (Lipinski definition) is 4. The van der Waals surface area contributed by atoms with E-state index in [1.807, 2.05) is 6.92 Å². The van der Waals surface area contributed by atoms with Crippen molar-refractivity contribution in [2.75, 3.05) is 26.1 Å². The van der Waals surface area contributed by atoms with Crippen molar-refractivity contribution in [3.8, 4) is 17.2 Å². The molecule has 0 fully saturated rings. The van der Waals surface area contributed by atoms with E-state index >= 15 is 0 Å². The third kappa shape index (κ3) is 2.13. The van der Waals surface area contributed by atoms with Gasteiger partial charge in [0.25, 0.3) is 0 Å². The Bertz CT molecular complexity index is 444. The van der Waals surface area contributed by atoms with Gasteiger partial charge in [-0.05, 0) is 0 Å². The van der Waals surface area contributed by atoms with Crippen LogP contribution in [0.1, 0.15) is 6.92 Å². The van der Waals surface area contributed by atoms with Crippen LogP contribution in [0.4, 0.5) is 5.69 Å². The number of hydrogen-bond donors (Lipinski definition) is 1. The van der Waals surface area contributed by atoms with Crippen molar-refractivity contribution in [2.45, 2.75) is 6.92 Å². The Morgan fingerprint density at radius 3 is 2.59 bits per heavy atom. The number of carbonyl (C=O) groups excluding carboxylic acids is 1. The second kappa shape index (κ2) is 4.53. The Morgan fingerprint density at radius 1 is 1.29 bits per heavy atom. The molecule has 2 rings (SSSR count). The highest BCUT2D eigenvalue weighted by Crippen LogP contribution is 2.39. The second-order valence-electron chi connectivity index (χ2n) is 3.90. The van der Waals surface area contributed by atoms with Crippen LogP contribution >= 0.6 is 0 Å². The molecular weight excluding hydrogens is 222 g/mol. The fourth-order valence-corrected chi connectivity index (χ4v) is 1.62. The standard InChI is InChI=1S/C12H15NO4/c1-7-6-17-9-5-11(16-3)10(15-2)4-8(9)13-12(7)14/h4-5,7H,6H2,1-3H3,(H,13,14). The van der Waals surface area contributed by atoms with Crippen LogP contribution < -0.4 is 19.5 Å². The highest BCUT2D eigenvalue weighted by Gasteiger charge is 2.22. The zero-order valence-electron chi connectivity index (χ0n) is 10.1. The molecule has 1 aromatic rings. The van der Waals surface area contributed by atoms with Crippen LogP contribution in [0.15, 0.2) is 12.1 Å². The highest BCUT2D eigenvalue weighted by molar-refractivity contribution is 5.95. The number of ether oxygens (including phenoxy) is 3. The third-order valence-corrected chi connectivity index (χ3v) is 2.68. The van der Waals surface area contributed by atoms with Crippen LogP contribution in [0.2, 0.25) is 0 Å². The SMILES string of the molecule is COc1cc2c(cc1OC)OCC(C)C(=O)N2. The van der Waals surface area contributed by atoms with Gasteiger partial charge in [0.1, 0.15) is 5.75 Å². The Morgan fingerprint density at radius 2 is 1.94 bits per heavy atom. The highest BCUT2D eigenvalue weighted by atomic mass is 16.5. The predicted molar refractivity (Wildman–Crippen MR) is 62.8 cm³/mol. The van der Waals surface area contributed by atoms with Crippen molar-refractivity contribution in [1.82, 2.24) is 0 Å². The monoisotopic (exact) mass is 237 g/mol. The number of benzene rings is 1. The van der Waals surface area contributed by atoms with E-state index in [0.717, 1.165) is 0 Å². The smallest absolute Gasteiger partial charge is 0.230 e. The molecule has 0 spiro atoms. The first kappa shape index (κ1) is 11.6. The van der Waals surface area contributed by atoms with Crippen molar-refractivity contribution in [1.29, 1.82) is 0 Å². The van der Waals surface area contributed by atoms with Gasteiger partial charge >= 0.3 is 0 Å². The molecule has 17 heavy (non-hydrogen) atoms. The van der Waals surface area contributed by atoms with Crippen molar-refractivity contribution in [3.05, 3.63) is 12.1 Å². The Kier molecular flexibility index (Phi) is 3.08. The minimum absolute atomic E-state index is 0.0593. The van der Waals surface area contributed by atoms with Gasteiger partial charge in [0.05, 0.1) is 32.4 Å². The quantitative estimate of drug-likeness (QED) is 0.850. The Labute approximate surface area is 99.7 Å². The third-order valence-electron chi connectivity index (χ3n) is 2.68. The molecular formula is C12H15NO4. The maximum absolute atomic E-state index is 11.7. The summed E-state index contributed by atoms with van der Waals surface area (Å²) in [5, 5.41) is 2.80. The second-order valence-corrected chi connectivity index (χ2v) is 3.90. The van der Waals surface area contributed by atoms with Crippen LogP contribution in [0.3, 0.4) is 0 Å². The molecule has 0 radical (unpaired) electrons. The molecule has 0 aromatic heterocycles. The topological polar surface area (TPSA) is 56.8 Å². The van der Waals surface area contributed by atoms with Gasteiger partial charge in [-0.3, -0.25) is 4.79 Å². The summed E-state index contributed by atoms with van der Waals surface area (Å²) in [4.78, 5) is 11.7. The number of carbonyl (C=O) groups is 1. The van der Waals surface area contributed by atoms with Crippen LogP contribution in [0, 0.1) is 5.92 Å². The van der Waals surface area contributed by atoms with Gasteiger partial charge in [-0.2, -0.15) is 0 Å². The summed E-state index contributed by atoms with van der Waals surface area (Å²) in [5.74, 6) is 1.50. The maximum Gasteiger partial charge on any atom is 0.230 e. The first-order chi connectivity index (χ1) is 8.15. The predicted octanol–water partition coefficient (Wildman–Crippen LogP) is 1.67. The minimum atomic E-state index is -0.181. The van der Waals surface area contributed by atoms with Gasteiger partial charge in [0.2, 0.25) is 5.91 Å². The van der Waals surface area contributed by atoms with Gasteiger partial charge < -0.3 is 19.5 Å². The summed E-state index contributed by atoms with van der Waals surface area (Å²) in [5.41, 5.74) is 0.608. The average Bonchev–Trinajstić information content (AvgIpc) is 2.48. The Hall–Kier alpha value is -1.91. The lowest BCUT2D eigenvalue weighted by atomic mass is 10.2. The van der Waals surface area contributed by atoms with Crippen molar-refractivity contribution < 1.29 is 19.0 Å². The number of fused-ring (bicyclic) bond motifs is 1. The lowest BCUT2D eigenvalue weighted by Crippen LogP contribution is -2.22. The molecule has 1 unspecified atom stereocenters. The fraction of sp³-hybridized carbons (Fsp3) is 0.417. The summed E-state index contributed by atoms with van der Waals surface area (Å²) in [6.07, 6.45) is 0. The summed E-state index contributed by atoms with van der Waals surface area (Å²) >= 11 is 0. The summed E-state index contributed by atoms with van der Waals surface area (Å²) in [7, 11) is 3.11. The van der Waals surface area contributed by atoms with E-state index in [4.69, 9.17) is 14.2 Å².